The Bertz CT molecular complexity index is 675. The first kappa shape index (κ1) is 15.4. The van der Waals surface area contributed by atoms with Crippen LogP contribution in [0.1, 0.15) is 26.3 Å². The van der Waals surface area contributed by atoms with Crippen molar-refractivity contribution in [1.82, 2.24) is 0 Å². The van der Waals surface area contributed by atoms with Crippen molar-refractivity contribution in [2.75, 3.05) is 12.4 Å². The highest BCUT2D eigenvalue weighted by molar-refractivity contribution is 6.04. The highest BCUT2D eigenvalue weighted by Crippen LogP contribution is 2.12. The number of hydrogen-bond donors (Lipinski definition) is 1. The number of carbonyl (C=O) groups excluding carboxylic acids is 3. The molecule has 0 aliphatic heterocycles. The Kier molecular flexibility index (Phi) is 5.03. The number of benzene rings is 2. The van der Waals surface area contributed by atoms with E-state index in [0.717, 1.165) is 11.8 Å². The van der Waals surface area contributed by atoms with Gasteiger partial charge in [0.05, 0.1) is 13.5 Å². The highest BCUT2D eigenvalue weighted by atomic mass is 16.5. The van der Waals surface area contributed by atoms with Crippen LogP contribution in [0.2, 0.25) is 0 Å². The molecule has 0 fully saturated rings. The zero-order valence-electron chi connectivity index (χ0n) is 12.0. The van der Waals surface area contributed by atoms with E-state index in [9.17, 15) is 14.4 Å². The minimum atomic E-state index is -0.326. The average Bonchev–Trinajstić information content (AvgIpc) is 2.56. The van der Waals surface area contributed by atoms with Gasteiger partial charge in [0, 0.05) is 16.8 Å². The Morgan fingerprint density at radius 3 is 2.23 bits per heavy atom. The minimum Gasteiger partial charge on any atom is -0.469 e. The third kappa shape index (κ3) is 4.02. The molecule has 2 aromatic carbocycles. The summed E-state index contributed by atoms with van der Waals surface area (Å²) in [6, 6.07) is 13.3. The van der Waals surface area contributed by atoms with Crippen molar-refractivity contribution >= 4 is 23.9 Å². The van der Waals surface area contributed by atoms with Crippen LogP contribution in [0.3, 0.4) is 0 Å². The highest BCUT2D eigenvalue weighted by Gasteiger charge is 2.08. The van der Waals surface area contributed by atoms with Gasteiger partial charge in [0.1, 0.15) is 6.29 Å². The number of aldehydes is 1. The fourth-order valence-corrected chi connectivity index (χ4v) is 1.86. The maximum absolute atomic E-state index is 12.1. The molecule has 0 heterocycles. The van der Waals surface area contributed by atoms with Gasteiger partial charge in [0.2, 0.25) is 0 Å². The second kappa shape index (κ2) is 7.17. The van der Waals surface area contributed by atoms with Crippen molar-refractivity contribution in [3.63, 3.8) is 0 Å². The van der Waals surface area contributed by atoms with Gasteiger partial charge in [-0.2, -0.15) is 0 Å². The molecule has 0 radical (unpaired) electrons. The molecule has 1 N–H and O–H groups in total. The van der Waals surface area contributed by atoms with Crippen LogP contribution in [0.15, 0.2) is 48.5 Å². The van der Waals surface area contributed by atoms with E-state index in [-0.39, 0.29) is 18.3 Å². The van der Waals surface area contributed by atoms with Crippen LogP contribution in [0.4, 0.5) is 5.69 Å². The average molecular weight is 297 g/mol. The number of anilines is 1. The van der Waals surface area contributed by atoms with Crippen molar-refractivity contribution < 1.29 is 19.1 Å². The summed E-state index contributed by atoms with van der Waals surface area (Å²) in [5, 5.41) is 2.73. The first-order chi connectivity index (χ1) is 10.6. The number of hydrogen-bond acceptors (Lipinski definition) is 4. The molecule has 1 amide bonds. The van der Waals surface area contributed by atoms with Crippen LogP contribution in [-0.4, -0.2) is 25.3 Å². The van der Waals surface area contributed by atoms with Crippen LogP contribution < -0.4 is 5.32 Å². The fourth-order valence-electron chi connectivity index (χ4n) is 1.86. The molecule has 22 heavy (non-hydrogen) atoms. The summed E-state index contributed by atoms with van der Waals surface area (Å²) in [4.78, 5) is 33.8. The topological polar surface area (TPSA) is 72.5 Å². The van der Waals surface area contributed by atoms with E-state index in [1.165, 1.54) is 7.11 Å². The van der Waals surface area contributed by atoms with Gasteiger partial charge in [-0.25, -0.2) is 0 Å². The second-order valence-electron chi connectivity index (χ2n) is 4.64. The van der Waals surface area contributed by atoms with Gasteiger partial charge in [-0.3, -0.25) is 14.4 Å². The number of amides is 1. The summed E-state index contributed by atoms with van der Waals surface area (Å²) in [5.41, 5.74) is 2.41. The van der Waals surface area contributed by atoms with Gasteiger partial charge in [-0.1, -0.05) is 12.1 Å². The fraction of sp³-hybridized carbons (Fsp3) is 0.118. The molecule has 0 aliphatic rings. The lowest BCUT2D eigenvalue weighted by Gasteiger charge is -2.06. The predicted molar refractivity (Wildman–Crippen MR) is 81.9 cm³/mol. The van der Waals surface area contributed by atoms with Crippen molar-refractivity contribution in [1.29, 1.82) is 0 Å². The van der Waals surface area contributed by atoms with Gasteiger partial charge in [0.25, 0.3) is 5.91 Å². The Morgan fingerprint density at radius 1 is 1.05 bits per heavy atom. The monoisotopic (exact) mass is 297 g/mol. The van der Waals surface area contributed by atoms with E-state index in [0.29, 0.717) is 16.8 Å². The third-order valence-electron chi connectivity index (χ3n) is 3.10. The molecule has 0 bridgehead atoms. The van der Waals surface area contributed by atoms with Gasteiger partial charge < -0.3 is 10.1 Å². The zero-order chi connectivity index (χ0) is 15.9. The Hall–Kier alpha value is -2.95. The SMILES string of the molecule is COC(=O)Cc1ccc(C(=O)Nc2ccc(C=O)cc2)cc1. The number of ether oxygens (including phenoxy) is 1. The molecule has 5 heteroatoms. The maximum Gasteiger partial charge on any atom is 0.309 e. The van der Waals surface area contributed by atoms with Crippen LogP contribution in [-0.2, 0) is 16.0 Å². The van der Waals surface area contributed by atoms with Crippen molar-refractivity contribution in [3.05, 3.63) is 65.2 Å². The first-order valence-corrected chi connectivity index (χ1v) is 6.64. The summed E-state index contributed by atoms with van der Waals surface area (Å²) < 4.78 is 4.59. The second-order valence-corrected chi connectivity index (χ2v) is 4.64. The summed E-state index contributed by atoms with van der Waals surface area (Å²) >= 11 is 0. The van der Waals surface area contributed by atoms with Crippen LogP contribution in [0.25, 0.3) is 0 Å². The minimum absolute atomic E-state index is 0.172. The lowest BCUT2D eigenvalue weighted by molar-refractivity contribution is -0.139. The molecule has 2 rings (SSSR count). The summed E-state index contributed by atoms with van der Waals surface area (Å²) in [7, 11) is 1.33. The van der Waals surface area contributed by atoms with E-state index in [2.05, 4.69) is 10.1 Å². The summed E-state index contributed by atoms with van der Waals surface area (Å²) in [6.45, 7) is 0. The van der Waals surface area contributed by atoms with E-state index >= 15 is 0 Å². The molecular weight excluding hydrogens is 282 g/mol. The van der Waals surface area contributed by atoms with Gasteiger partial charge >= 0.3 is 5.97 Å². The lowest BCUT2D eigenvalue weighted by atomic mass is 10.1. The molecule has 2 aromatic rings. The van der Waals surface area contributed by atoms with E-state index in [4.69, 9.17) is 0 Å². The van der Waals surface area contributed by atoms with Crippen molar-refractivity contribution in [3.8, 4) is 0 Å². The standard InChI is InChI=1S/C17H15NO4/c1-22-16(20)10-12-2-6-14(7-3-12)17(21)18-15-8-4-13(11-19)5-9-15/h2-9,11H,10H2,1H3,(H,18,21). The van der Waals surface area contributed by atoms with E-state index < -0.39 is 0 Å². The van der Waals surface area contributed by atoms with E-state index in [1.54, 1.807) is 48.5 Å². The molecule has 0 aliphatic carbocycles. The molecule has 0 unspecified atom stereocenters. The molecule has 5 nitrogen and oxygen atoms in total. The Balaban J connectivity index is 2.02. The summed E-state index contributed by atoms with van der Waals surface area (Å²) in [5.74, 6) is -0.587. The quantitative estimate of drug-likeness (QED) is 0.679. The van der Waals surface area contributed by atoms with Crippen LogP contribution in [0, 0.1) is 0 Å². The third-order valence-corrected chi connectivity index (χ3v) is 3.10. The molecule has 0 saturated heterocycles. The van der Waals surface area contributed by atoms with Crippen LogP contribution >= 0.6 is 0 Å². The zero-order valence-corrected chi connectivity index (χ0v) is 12.0. The number of esters is 1. The van der Waals surface area contributed by atoms with E-state index in [1.807, 2.05) is 0 Å². The molecule has 112 valence electrons. The van der Waals surface area contributed by atoms with Crippen molar-refractivity contribution in [2.45, 2.75) is 6.42 Å². The lowest BCUT2D eigenvalue weighted by Crippen LogP contribution is -2.12. The number of rotatable bonds is 5. The van der Waals surface area contributed by atoms with Gasteiger partial charge in [-0.05, 0) is 42.0 Å². The molecule has 0 saturated carbocycles. The van der Waals surface area contributed by atoms with Crippen LogP contribution in [0.5, 0.6) is 0 Å². The Labute approximate surface area is 127 Å². The number of carbonyl (C=O) groups is 3. The molecule has 0 atom stereocenters. The number of methoxy groups -OCH3 is 1. The smallest absolute Gasteiger partial charge is 0.309 e. The number of nitrogens with one attached hydrogen (secondary N) is 1. The first-order valence-electron chi connectivity index (χ1n) is 6.64. The Morgan fingerprint density at radius 2 is 1.68 bits per heavy atom. The normalized spacial score (nSPS) is 9.86. The predicted octanol–water partition coefficient (Wildman–Crippen LogP) is 2.47. The molecule has 0 aromatic heterocycles. The molecular formula is C17H15NO4. The van der Waals surface area contributed by atoms with Gasteiger partial charge in [-0.15, -0.1) is 0 Å². The largest absolute Gasteiger partial charge is 0.469 e. The molecule has 0 spiro atoms. The van der Waals surface area contributed by atoms with Crippen molar-refractivity contribution in [2.24, 2.45) is 0 Å². The van der Waals surface area contributed by atoms with Gasteiger partial charge in [0.15, 0.2) is 0 Å². The summed E-state index contributed by atoms with van der Waals surface area (Å²) in [6.07, 6.45) is 0.914. The maximum atomic E-state index is 12.1.